The van der Waals surface area contributed by atoms with Crippen LogP contribution in [-0.4, -0.2) is 14.9 Å². The molecule has 0 atom stereocenters. The van der Waals surface area contributed by atoms with E-state index in [1.54, 1.807) is 0 Å². The summed E-state index contributed by atoms with van der Waals surface area (Å²) in [6.45, 7) is 8.25. The minimum atomic E-state index is -0.154. The molecule has 3 heteroatoms. The van der Waals surface area contributed by atoms with Gasteiger partial charge >= 0.3 is 0 Å². The van der Waals surface area contributed by atoms with Crippen LogP contribution in [0, 0.1) is 6.92 Å². The second kappa shape index (κ2) is 3.91. The zero-order valence-electron chi connectivity index (χ0n) is 10.7. The van der Waals surface area contributed by atoms with Gasteiger partial charge in [0, 0.05) is 5.56 Å². The first-order valence-corrected chi connectivity index (χ1v) is 5.75. The summed E-state index contributed by atoms with van der Waals surface area (Å²) in [7, 11) is 0. The van der Waals surface area contributed by atoms with Crippen LogP contribution >= 0.6 is 0 Å². The van der Waals surface area contributed by atoms with Crippen LogP contribution in [0.2, 0.25) is 0 Å². The molecule has 0 aliphatic heterocycles. The van der Waals surface area contributed by atoms with Crippen LogP contribution in [0.4, 0.5) is 0 Å². The molecule has 1 aromatic carbocycles. The highest BCUT2D eigenvalue weighted by atomic mass is 16.3. The molecule has 0 amide bonds. The summed E-state index contributed by atoms with van der Waals surface area (Å²) in [6.07, 6.45) is 1.51. The monoisotopic (exact) mass is 230 g/mol. The molecule has 2 rings (SSSR count). The first-order valence-electron chi connectivity index (χ1n) is 5.75. The molecule has 0 unspecified atom stereocenters. The van der Waals surface area contributed by atoms with E-state index in [1.807, 2.05) is 35.9 Å². The number of aryl methyl sites for hydroxylation is 1. The van der Waals surface area contributed by atoms with E-state index in [2.05, 4.69) is 25.9 Å². The van der Waals surface area contributed by atoms with Crippen molar-refractivity contribution in [3.63, 3.8) is 0 Å². The number of benzene rings is 1. The lowest BCUT2D eigenvalue weighted by molar-refractivity contribution is 0.358. The average Bonchev–Trinajstić information content (AvgIpc) is 2.60. The fourth-order valence-corrected chi connectivity index (χ4v) is 1.94. The molecular weight excluding hydrogens is 212 g/mol. The van der Waals surface area contributed by atoms with Crippen molar-refractivity contribution in [2.24, 2.45) is 0 Å². The second-order valence-corrected chi connectivity index (χ2v) is 5.28. The van der Waals surface area contributed by atoms with E-state index in [1.165, 1.54) is 6.20 Å². The quantitative estimate of drug-likeness (QED) is 0.816. The maximum atomic E-state index is 9.99. The molecule has 0 aliphatic rings. The number of aromatic hydroxyl groups is 1. The SMILES string of the molecule is Cc1ccccc1-c1c(O)cnn1C(C)(C)C. The van der Waals surface area contributed by atoms with Gasteiger partial charge in [0.15, 0.2) is 5.75 Å². The Labute approximate surface area is 102 Å². The lowest BCUT2D eigenvalue weighted by Gasteiger charge is -2.23. The van der Waals surface area contributed by atoms with E-state index in [-0.39, 0.29) is 11.3 Å². The molecule has 3 nitrogen and oxygen atoms in total. The topological polar surface area (TPSA) is 38.1 Å². The van der Waals surface area contributed by atoms with Crippen molar-refractivity contribution < 1.29 is 5.11 Å². The van der Waals surface area contributed by atoms with Crippen molar-refractivity contribution >= 4 is 0 Å². The van der Waals surface area contributed by atoms with Crippen molar-refractivity contribution in [2.75, 3.05) is 0 Å². The molecule has 0 radical (unpaired) electrons. The molecule has 0 bridgehead atoms. The Kier molecular flexibility index (Phi) is 2.69. The fraction of sp³-hybridized carbons (Fsp3) is 0.357. The lowest BCUT2D eigenvalue weighted by Crippen LogP contribution is -2.24. The van der Waals surface area contributed by atoms with E-state index in [9.17, 15) is 5.11 Å². The number of hydrogen-bond acceptors (Lipinski definition) is 2. The second-order valence-electron chi connectivity index (χ2n) is 5.28. The zero-order valence-corrected chi connectivity index (χ0v) is 10.7. The van der Waals surface area contributed by atoms with E-state index >= 15 is 0 Å². The maximum absolute atomic E-state index is 9.99. The van der Waals surface area contributed by atoms with E-state index in [4.69, 9.17) is 0 Å². The first kappa shape index (κ1) is 11.7. The number of nitrogens with zero attached hydrogens (tertiary/aromatic N) is 2. The minimum absolute atomic E-state index is 0.154. The number of rotatable bonds is 1. The summed E-state index contributed by atoms with van der Waals surface area (Å²) in [6, 6.07) is 8.01. The zero-order chi connectivity index (χ0) is 12.6. The molecular formula is C14H18N2O. The normalized spacial score (nSPS) is 11.8. The highest BCUT2D eigenvalue weighted by Gasteiger charge is 2.22. The van der Waals surface area contributed by atoms with Crippen molar-refractivity contribution in [3.8, 4) is 17.0 Å². The smallest absolute Gasteiger partial charge is 0.161 e. The van der Waals surface area contributed by atoms with Gasteiger partial charge < -0.3 is 5.11 Å². The molecule has 1 N–H and O–H groups in total. The minimum Gasteiger partial charge on any atom is -0.504 e. The third-order valence-electron chi connectivity index (χ3n) is 2.79. The van der Waals surface area contributed by atoms with Crippen LogP contribution in [0.5, 0.6) is 5.75 Å². The molecule has 0 spiro atoms. The molecule has 90 valence electrons. The molecule has 0 saturated carbocycles. The maximum Gasteiger partial charge on any atom is 0.161 e. The predicted octanol–water partition coefficient (Wildman–Crippen LogP) is 3.32. The van der Waals surface area contributed by atoms with Gasteiger partial charge in [-0.15, -0.1) is 0 Å². The Morgan fingerprint density at radius 2 is 1.82 bits per heavy atom. The largest absolute Gasteiger partial charge is 0.504 e. The number of hydrogen-bond donors (Lipinski definition) is 1. The Balaban J connectivity index is 2.68. The Morgan fingerprint density at radius 1 is 1.18 bits per heavy atom. The van der Waals surface area contributed by atoms with Gasteiger partial charge in [-0.3, -0.25) is 4.68 Å². The molecule has 0 aliphatic carbocycles. The summed E-state index contributed by atoms with van der Waals surface area (Å²) in [4.78, 5) is 0. The standard InChI is InChI=1S/C14H18N2O/c1-10-7-5-6-8-11(10)13-12(17)9-15-16(13)14(2,3)4/h5-9,17H,1-4H3. The van der Waals surface area contributed by atoms with Crippen LogP contribution in [0.25, 0.3) is 11.3 Å². The Hall–Kier alpha value is -1.77. The predicted molar refractivity (Wildman–Crippen MR) is 69.1 cm³/mol. The van der Waals surface area contributed by atoms with Crippen LogP contribution in [0.1, 0.15) is 26.3 Å². The van der Waals surface area contributed by atoms with Gasteiger partial charge in [-0.05, 0) is 33.3 Å². The molecule has 1 aromatic heterocycles. The summed E-state index contributed by atoms with van der Waals surface area (Å²) in [5.74, 6) is 0.231. The highest BCUT2D eigenvalue weighted by molar-refractivity contribution is 5.69. The van der Waals surface area contributed by atoms with Crippen molar-refractivity contribution in [1.82, 2.24) is 9.78 Å². The van der Waals surface area contributed by atoms with Gasteiger partial charge in [-0.1, -0.05) is 24.3 Å². The third kappa shape index (κ3) is 2.05. The summed E-state index contributed by atoms with van der Waals surface area (Å²) < 4.78 is 1.87. The lowest BCUT2D eigenvalue weighted by atomic mass is 10.0. The van der Waals surface area contributed by atoms with Crippen molar-refractivity contribution in [1.29, 1.82) is 0 Å². The van der Waals surface area contributed by atoms with Crippen LogP contribution < -0.4 is 0 Å². The van der Waals surface area contributed by atoms with E-state index in [0.717, 1.165) is 16.8 Å². The summed E-state index contributed by atoms with van der Waals surface area (Å²) in [5.41, 5.74) is 2.79. The van der Waals surface area contributed by atoms with E-state index < -0.39 is 0 Å². The van der Waals surface area contributed by atoms with E-state index in [0.29, 0.717) is 0 Å². The van der Waals surface area contributed by atoms with Gasteiger partial charge in [0.05, 0.1) is 11.7 Å². The third-order valence-corrected chi connectivity index (χ3v) is 2.79. The van der Waals surface area contributed by atoms with Gasteiger partial charge in [-0.25, -0.2) is 0 Å². The Bertz CT molecular complexity index is 535. The van der Waals surface area contributed by atoms with Crippen LogP contribution in [0.15, 0.2) is 30.5 Å². The fourth-order valence-electron chi connectivity index (χ4n) is 1.94. The molecule has 17 heavy (non-hydrogen) atoms. The van der Waals surface area contributed by atoms with Gasteiger partial charge in [-0.2, -0.15) is 5.10 Å². The van der Waals surface area contributed by atoms with Crippen molar-refractivity contribution in [2.45, 2.75) is 33.2 Å². The molecule has 0 saturated heterocycles. The first-order chi connectivity index (χ1) is 7.91. The highest BCUT2D eigenvalue weighted by Crippen LogP contribution is 2.34. The average molecular weight is 230 g/mol. The van der Waals surface area contributed by atoms with Crippen molar-refractivity contribution in [3.05, 3.63) is 36.0 Å². The number of aromatic nitrogens is 2. The molecule has 1 heterocycles. The summed E-state index contributed by atoms with van der Waals surface area (Å²) in [5, 5.41) is 14.3. The van der Waals surface area contributed by atoms with Gasteiger partial charge in [0.25, 0.3) is 0 Å². The van der Waals surface area contributed by atoms with Crippen LogP contribution in [-0.2, 0) is 5.54 Å². The summed E-state index contributed by atoms with van der Waals surface area (Å²) >= 11 is 0. The van der Waals surface area contributed by atoms with Crippen LogP contribution in [0.3, 0.4) is 0 Å². The molecule has 0 fully saturated rings. The van der Waals surface area contributed by atoms with Gasteiger partial charge in [0.2, 0.25) is 0 Å². The Morgan fingerprint density at radius 3 is 2.41 bits per heavy atom. The molecule has 2 aromatic rings. The van der Waals surface area contributed by atoms with Gasteiger partial charge in [0.1, 0.15) is 5.69 Å².